The van der Waals surface area contributed by atoms with Crippen LogP contribution in [0.4, 0.5) is 5.95 Å². The van der Waals surface area contributed by atoms with Gasteiger partial charge in [-0.1, -0.05) is 0 Å². The van der Waals surface area contributed by atoms with E-state index >= 15 is 0 Å². The number of piperazine rings is 1. The van der Waals surface area contributed by atoms with Gasteiger partial charge in [-0.2, -0.15) is 0 Å². The van der Waals surface area contributed by atoms with Crippen LogP contribution in [0.2, 0.25) is 0 Å². The third-order valence-electron chi connectivity index (χ3n) is 3.24. The molecule has 0 spiro atoms. The molecule has 1 saturated heterocycles. The third kappa shape index (κ3) is 3.16. The summed E-state index contributed by atoms with van der Waals surface area (Å²) in [5, 5.41) is 8.79. The van der Waals surface area contributed by atoms with Crippen LogP contribution in [-0.4, -0.2) is 58.2 Å². The number of nitrogens with zero attached hydrogens (tertiary/aromatic N) is 4. The first-order valence-corrected chi connectivity index (χ1v) is 6.14. The van der Waals surface area contributed by atoms with Gasteiger partial charge in [0.1, 0.15) is 0 Å². The van der Waals surface area contributed by atoms with Crippen molar-refractivity contribution in [3.8, 4) is 0 Å². The second kappa shape index (κ2) is 5.77. The van der Waals surface area contributed by atoms with Crippen molar-refractivity contribution < 1.29 is 9.90 Å². The summed E-state index contributed by atoms with van der Waals surface area (Å²) in [5.41, 5.74) is 0. The first kappa shape index (κ1) is 12.8. The molecule has 0 aromatic carbocycles. The van der Waals surface area contributed by atoms with Crippen molar-refractivity contribution in [2.45, 2.75) is 19.4 Å². The lowest BCUT2D eigenvalue weighted by Crippen LogP contribution is -2.50. The second-order valence-corrected chi connectivity index (χ2v) is 4.52. The lowest BCUT2D eigenvalue weighted by atomic mass is 10.2. The van der Waals surface area contributed by atoms with Crippen molar-refractivity contribution in [2.24, 2.45) is 0 Å². The molecule has 2 rings (SSSR count). The molecule has 18 heavy (non-hydrogen) atoms. The van der Waals surface area contributed by atoms with Crippen LogP contribution >= 0.6 is 0 Å². The molecule has 1 fully saturated rings. The van der Waals surface area contributed by atoms with Crippen molar-refractivity contribution >= 4 is 11.9 Å². The lowest BCUT2D eigenvalue weighted by molar-refractivity contribution is -0.138. The molecular weight excluding hydrogens is 232 g/mol. The number of aliphatic carboxylic acids is 1. The summed E-state index contributed by atoms with van der Waals surface area (Å²) in [7, 11) is 0. The number of aromatic nitrogens is 2. The van der Waals surface area contributed by atoms with Crippen molar-refractivity contribution in [3.05, 3.63) is 18.5 Å². The quantitative estimate of drug-likeness (QED) is 0.837. The number of hydrogen-bond donors (Lipinski definition) is 1. The Morgan fingerprint density at radius 1 is 1.33 bits per heavy atom. The minimum atomic E-state index is -0.740. The van der Waals surface area contributed by atoms with Crippen molar-refractivity contribution in [2.75, 3.05) is 31.1 Å². The molecule has 1 atom stereocenters. The molecule has 1 aliphatic rings. The Bertz CT molecular complexity index is 390. The summed E-state index contributed by atoms with van der Waals surface area (Å²) in [5.74, 6) is 0.0133. The highest BCUT2D eigenvalue weighted by Crippen LogP contribution is 2.13. The number of carbonyl (C=O) groups is 1. The molecule has 6 heteroatoms. The maximum atomic E-state index is 10.7. The summed E-state index contributed by atoms with van der Waals surface area (Å²) >= 11 is 0. The highest BCUT2D eigenvalue weighted by molar-refractivity contribution is 5.67. The van der Waals surface area contributed by atoms with E-state index in [0.29, 0.717) is 0 Å². The monoisotopic (exact) mass is 250 g/mol. The van der Waals surface area contributed by atoms with E-state index < -0.39 is 5.97 Å². The van der Waals surface area contributed by atoms with Crippen LogP contribution in [0, 0.1) is 0 Å². The third-order valence-corrected chi connectivity index (χ3v) is 3.24. The fraction of sp³-hybridized carbons (Fsp3) is 0.583. The van der Waals surface area contributed by atoms with E-state index in [1.165, 1.54) is 0 Å². The van der Waals surface area contributed by atoms with Gasteiger partial charge < -0.3 is 10.0 Å². The van der Waals surface area contributed by atoms with Crippen LogP contribution in [0.3, 0.4) is 0 Å². The first-order chi connectivity index (χ1) is 8.66. The molecular formula is C12H18N4O2. The molecule has 1 aromatic rings. The summed E-state index contributed by atoms with van der Waals surface area (Å²) in [6.07, 6.45) is 3.67. The minimum absolute atomic E-state index is 0.0846. The zero-order valence-electron chi connectivity index (χ0n) is 10.5. The molecule has 1 N–H and O–H groups in total. The van der Waals surface area contributed by atoms with E-state index in [-0.39, 0.29) is 12.5 Å². The van der Waals surface area contributed by atoms with Gasteiger partial charge in [0.15, 0.2) is 0 Å². The average molecular weight is 250 g/mol. The molecule has 0 bridgehead atoms. The highest BCUT2D eigenvalue weighted by Gasteiger charge is 2.23. The van der Waals surface area contributed by atoms with Crippen LogP contribution < -0.4 is 4.90 Å². The number of anilines is 1. The second-order valence-electron chi connectivity index (χ2n) is 4.52. The van der Waals surface area contributed by atoms with Gasteiger partial charge in [-0.15, -0.1) is 0 Å². The van der Waals surface area contributed by atoms with Crippen LogP contribution in [0.1, 0.15) is 13.3 Å². The van der Waals surface area contributed by atoms with E-state index in [9.17, 15) is 4.79 Å². The predicted molar refractivity (Wildman–Crippen MR) is 67.5 cm³/mol. The predicted octanol–water partition coefficient (Wildman–Crippen LogP) is 0.462. The summed E-state index contributed by atoms with van der Waals surface area (Å²) in [6.45, 7) is 5.35. The molecule has 1 aliphatic heterocycles. The van der Waals surface area contributed by atoms with Gasteiger partial charge in [0, 0.05) is 44.6 Å². The van der Waals surface area contributed by atoms with E-state index in [0.717, 1.165) is 32.1 Å². The Labute approximate surface area is 106 Å². The minimum Gasteiger partial charge on any atom is -0.481 e. The van der Waals surface area contributed by atoms with Crippen molar-refractivity contribution in [1.29, 1.82) is 0 Å². The summed E-state index contributed by atoms with van der Waals surface area (Å²) in [4.78, 5) is 23.5. The fourth-order valence-corrected chi connectivity index (χ4v) is 2.20. The summed E-state index contributed by atoms with van der Waals surface area (Å²) in [6, 6.07) is 1.88. The molecule has 6 nitrogen and oxygen atoms in total. The number of carboxylic acids is 1. The number of rotatable bonds is 4. The molecule has 98 valence electrons. The highest BCUT2D eigenvalue weighted by atomic mass is 16.4. The van der Waals surface area contributed by atoms with E-state index in [1.807, 2.05) is 6.92 Å². The maximum absolute atomic E-state index is 10.7. The van der Waals surface area contributed by atoms with Gasteiger partial charge in [0.05, 0.1) is 6.42 Å². The van der Waals surface area contributed by atoms with Gasteiger partial charge in [0.25, 0.3) is 0 Å². The number of carboxylic acid groups (broad SMARTS) is 1. The van der Waals surface area contributed by atoms with Crippen molar-refractivity contribution in [1.82, 2.24) is 14.9 Å². The summed E-state index contributed by atoms with van der Waals surface area (Å²) < 4.78 is 0. The van der Waals surface area contributed by atoms with E-state index in [1.54, 1.807) is 18.5 Å². The zero-order chi connectivity index (χ0) is 13.0. The Hall–Kier alpha value is -1.69. The lowest BCUT2D eigenvalue weighted by Gasteiger charge is -2.37. The van der Waals surface area contributed by atoms with Gasteiger partial charge >= 0.3 is 5.97 Å². The molecule has 1 aromatic heterocycles. The first-order valence-electron chi connectivity index (χ1n) is 6.14. The molecule has 1 unspecified atom stereocenters. The molecule has 0 amide bonds. The Balaban J connectivity index is 1.86. The molecule has 0 saturated carbocycles. The van der Waals surface area contributed by atoms with Crippen LogP contribution in [0.5, 0.6) is 0 Å². The van der Waals surface area contributed by atoms with E-state index in [2.05, 4.69) is 19.8 Å². The van der Waals surface area contributed by atoms with Gasteiger partial charge in [0.2, 0.25) is 5.95 Å². The van der Waals surface area contributed by atoms with Gasteiger partial charge in [-0.25, -0.2) is 9.97 Å². The fourth-order valence-electron chi connectivity index (χ4n) is 2.20. The normalized spacial score (nSPS) is 18.6. The Kier molecular flexibility index (Phi) is 4.09. The zero-order valence-corrected chi connectivity index (χ0v) is 10.5. The SMILES string of the molecule is CC(CC(=O)O)N1CCN(c2ncccn2)CC1. The average Bonchev–Trinajstić information content (AvgIpc) is 2.39. The molecule has 2 heterocycles. The van der Waals surface area contributed by atoms with Gasteiger partial charge in [-0.05, 0) is 13.0 Å². The Morgan fingerprint density at radius 2 is 1.94 bits per heavy atom. The topological polar surface area (TPSA) is 69.6 Å². The van der Waals surface area contributed by atoms with Gasteiger partial charge in [-0.3, -0.25) is 9.69 Å². The smallest absolute Gasteiger partial charge is 0.304 e. The molecule has 0 radical (unpaired) electrons. The number of hydrogen-bond acceptors (Lipinski definition) is 5. The standard InChI is InChI=1S/C12H18N4O2/c1-10(9-11(17)18)15-5-7-16(8-6-15)12-13-3-2-4-14-12/h2-4,10H,5-9H2,1H3,(H,17,18). The largest absolute Gasteiger partial charge is 0.481 e. The van der Waals surface area contributed by atoms with Crippen LogP contribution in [0.15, 0.2) is 18.5 Å². The molecule has 0 aliphatic carbocycles. The van der Waals surface area contributed by atoms with Crippen LogP contribution in [-0.2, 0) is 4.79 Å². The van der Waals surface area contributed by atoms with E-state index in [4.69, 9.17) is 5.11 Å². The van der Waals surface area contributed by atoms with Crippen LogP contribution in [0.25, 0.3) is 0 Å². The van der Waals surface area contributed by atoms with Crippen molar-refractivity contribution in [3.63, 3.8) is 0 Å². The Morgan fingerprint density at radius 3 is 2.50 bits per heavy atom. The maximum Gasteiger partial charge on any atom is 0.304 e.